The topological polar surface area (TPSA) is 42.1 Å². The number of nitrogens with zero attached hydrogens (tertiary/aromatic N) is 2. The molecular weight excluding hydrogens is 254 g/mol. The predicted molar refractivity (Wildman–Crippen MR) is 75.7 cm³/mol. The molecule has 0 saturated carbocycles. The molecule has 0 aromatic carbocycles. The van der Waals surface area contributed by atoms with Crippen molar-refractivity contribution >= 4 is 23.7 Å². The van der Waals surface area contributed by atoms with Crippen molar-refractivity contribution in [3.8, 4) is 0 Å². The van der Waals surface area contributed by atoms with E-state index in [0.717, 1.165) is 31.7 Å². The zero-order valence-corrected chi connectivity index (χ0v) is 12.4. The minimum atomic E-state index is 0. The third-order valence-electron chi connectivity index (χ3n) is 3.42. The van der Waals surface area contributed by atoms with Gasteiger partial charge in [0.25, 0.3) is 0 Å². The monoisotopic (exact) mass is 275 g/mol. The Kier molecular flexibility index (Phi) is 4.95. The van der Waals surface area contributed by atoms with Crippen molar-refractivity contribution in [1.82, 2.24) is 9.88 Å². The number of piperidine rings is 1. The number of thiazole rings is 1. The van der Waals surface area contributed by atoms with Crippen molar-refractivity contribution in [1.29, 1.82) is 0 Å². The Morgan fingerprint density at radius 2 is 2.29 bits per heavy atom. The number of hydrogen-bond acceptors (Lipinski definition) is 4. The molecule has 2 heterocycles. The van der Waals surface area contributed by atoms with Gasteiger partial charge in [0.1, 0.15) is 5.01 Å². The number of hydrogen-bond donors (Lipinski definition) is 1. The highest BCUT2D eigenvalue weighted by Crippen LogP contribution is 2.28. The molecule has 5 heteroatoms. The van der Waals surface area contributed by atoms with Gasteiger partial charge in [-0.1, -0.05) is 13.8 Å². The number of rotatable bonds is 2. The van der Waals surface area contributed by atoms with Crippen LogP contribution < -0.4 is 5.73 Å². The second kappa shape index (κ2) is 5.65. The Hall–Kier alpha value is -0.160. The molecule has 2 N–H and O–H groups in total. The Morgan fingerprint density at radius 3 is 2.82 bits per heavy atom. The molecule has 0 bridgehead atoms. The molecule has 0 aliphatic carbocycles. The first-order valence-corrected chi connectivity index (χ1v) is 6.74. The minimum absolute atomic E-state index is 0. The Labute approximate surface area is 114 Å². The third-order valence-corrected chi connectivity index (χ3v) is 4.37. The zero-order chi connectivity index (χ0) is 11.8. The summed E-state index contributed by atoms with van der Waals surface area (Å²) < 4.78 is 0. The molecule has 1 saturated heterocycles. The molecule has 1 unspecified atom stereocenters. The molecule has 2 rings (SSSR count). The first kappa shape index (κ1) is 14.9. The molecule has 1 aromatic heterocycles. The summed E-state index contributed by atoms with van der Waals surface area (Å²) in [6, 6.07) is 0.335. The minimum Gasteiger partial charge on any atom is -0.327 e. The van der Waals surface area contributed by atoms with Crippen LogP contribution in [0.5, 0.6) is 0 Å². The van der Waals surface area contributed by atoms with E-state index in [1.807, 2.05) is 0 Å². The number of aryl methyl sites for hydroxylation is 1. The van der Waals surface area contributed by atoms with Crippen LogP contribution >= 0.6 is 23.7 Å². The normalized spacial score (nSPS) is 24.4. The summed E-state index contributed by atoms with van der Waals surface area (Å²) in [5, 5.41) is 3.35. The fraction of sp³-hybridized carbons (Fsp3) is 0.750. The van der Waals surface area contributed by atoms with Gasteiger partial charge in [0, 0.05) is 30.2 Å². The van der Waals surface area contributed by atoms with Crippen LogP contribution in [0, 0.1) is 12.3 Å². The molecule has 1 fully saturated rings. The summed E-state index contributed by atoms with van der Waals surface area (Å²) in [6.07, 6.45) is 1.09. The van der Waals surface area contributed by atoms with Gasteiger partial charge >= 0.3 is 0 Å². The van der Waals surface area contributed by atoms with Crippen molar-refractivity contribution in [2.24, 2.45) is 11.1 Å². The predicted octanol–water partition coefficient (Wildman–Crippen LogP) is 2.43. The van der Waals surface area contributed by atoms with Gasteiger partial charge in [-0.25, -0.2) is 4.98 Å². The summed E-state index contributed by atoms with van der Waals surface area (Å²) >= 11 is 1.76. The first-order chi connectivity index (χ1) is 7.47. The molecule has 1 aliphatic heterocycles. The average molecular weight is 276 g/mol. The smallest absolute Gasteiger partial charge is 0.107 e. The van der Waals surface area contributed by atoms with E-state index in [4.69, 9.17) is 5.73 Å². The lowest BCUT2D eigenvalue weighted by Crippen LogP contribution is -2.52. The van der Waals surface area contributed by atoms with Crippen molar-refractivity contribution in [2.75, 3.05) is 13.1 Å². The summed E-state index contributed by atoms with van der Waals surface area (Å²) in [5.74, 6) is 0. The molecule has 0 amide bonds. The maximum absolute atomic E-state index is 6.13. The number of likely N-dealkylation sites (tertiary alicyclic amines) is 1. The maximum atomic E-state index is 6.13. The second-order valence-electron chi connectivity index (χ2n) is 5.48. The molecule has 0 radical (unpaired) electrons. The van der Waals surface area contributed by atoms with E-state index in [9.17, 15) is 0 Å². The second-order valence-corrected chi connectivity index (χ2v) is 6.42. The van der Waals surface area contributed by atoms with Crippen LogP contribution in [-0.4, -0.2) is 29.0 Å². The van der Waals surface area contributed by atoms with E-state index in [1.165, 1.54) is 5.01 Å². The van der Waals surface area contributed by atoms with E-state index in [0.29, 0.717) is 6.04 Å². The van der Waals surface area contributed by atoms with Crippen LogP contribution in [-0.2, 0) is 6.54 Å². The molecule has 1 aromatic rings. The van der Waals surface area contributed by atoms with Crippen molar-refractivity contribution in [3.63, 3.8) is 0 Å². The van der Waals surface area contributed by atoms with E-state index >= 15 is 0 Å². The Morgan fingerprint density at radius 1 is 1.59 bits per heavy atom. The van der Waals surface area contributed by atoms with Crippen molar-refractivity contribution in [3.05, 3.63) is 16.1 Å². The highest BCUT2D eigenvalue weighted by Gasteiger charge is 2.33. The largest absolute Gasteiger partial charge is 0.327 e. The van der Waals surface area contributed by atoms with Gasteiger partial charge in [-0.3, -0.25) is 4.90 Å². The molecule has 98 valence electrons. The van der Waals surface area contributed by atoms with Crippen molar-refractivity contribution < 1.29 is 0 Å². The van der Waals surface area contributed by atoms with Crippen LogP contribution in [0.1, 0.15) is 31.0 Å². The third kappa shape index (κ3) is 3.65. The lowest BCUT2D eigenvalue weighted by atomic mass is 9.80. The standard InChI is InChI=1S/C12H21N3S.ClH/c1-9-7-16-11(14-9)6-15-5-4-10(13)12(2,3)8-15;/h7,10H,4-6,8,13H2,1-3H3;1H. The van der Waals surface area contributed by atoms with E-state index < -0.39 is 0 Å². The van der Waals surface area contributed by atoms with Gasteiger partial charge < -0.3 is 5.73 Å². The summed E-state index contributed by atoms with van der Waals surface area (Å²) in [5.41, 5.74) is 7.49. The van der Waals surface area contributed by atoms with E-state index in [1.54, 1.807) is 11.3 Å². The number of nitrogens with two attached hydrogens (primary N) is 1. The van der Waals surface area contributed by atoms with Gasteiger partial charge in [-0.15, -0.1) is 23.7 Å². The molecular formula is C12H22ClN3S. The summed E-state index contributed by atoms with van der Waals surface area (Å²) in [4.78, 5) is 6.99. The van der Waals surface area contributed by atoms with Gasteiger partial charge in [-0.2, -0.15) is 0 Å². The Balaban J connectivity index is 0.00000144. The van der Waals surface area contributed by atoms with Gasteiger partial charge in [0.05, 0.1) is 6.54 Å². The molecule has 17 heavy (non-hydrogen) atoms. The SMILES string of the molecule is Cc1csc(CN2CCC(N)C(C)(C)C2)n1.Cl. The van der Waals surface area contributed by atoms with Crippen molar-refractivity contribution in [2.45, 2.75) is 39.8 Å². The van der Waals surface area contributed by atoms with Gasteiger partial charge in [-0.05, 0) is 18.8 Å². The lowest BCUT2D eigenvalue weighted by Gasteiger charge is -2.42. The van der Waals surface area contributed by atoms with Crippen LogP contribution in [0.25, 0.3) is 0 Å². The zero-order valence-electron chi connectivity index (χ0n) is 10.8. The fourth-order valence-corrected chi connectivity index (χ4v) is 3.10. The highest BCUT2D eigenvalue weighted by atomic mass is 35.5. The average Bonchev–Trinajstić information content (AvgIpc) is 2.57. The number of aromatic nitrogens is 1. The fourth-order valence-electron chi connectivity index (χ4n) is 2.29. The lowest BCUT2D eigenvalue weighted by molar-refractivity contribution is 0.0898. The first-order valence-electron chi connectivity index (χ1n) is 5.86. The highest BCUT2D eigenvalue weighted by molar-refractivity contribution is 7.09. The Bertz CT molecular complexity index is 364. The van der Waals surface area contributed by atoms with Crippen LogP contribution in [0.3, 0.4) is 0 Å². The maximum Gasteiger partial charge on any atom is 0.107 e. The summed E-state index contributed by atoms with van der Waals surface area (Å²) in [7, 11) is 0. The van der Waals surface area contributed by atoms with Crippen LogP contribution in [0.2, 0.25) is 0 Å². The summed E-state index contributed by atoms with van der Waals surface area (Å²) in [6.45, 7) is 9.73. The number of halogens is 1. The van der Waals surface area contributed by atoms with Crippen LogP contribution in [0.4, 0.5) is 0 Å². The van der Waals surface area contributed by atoms with E-state index in [-0.39, 0.29) is 17.8 Å². The molecule has 3 nitrogen and oxygen atoms in total. The van der Waals surface area contributed by atoms with Crippen LogP contribution in [0.15, 0.2) is 5.38 Å². The van der Waals surface area contributed by atoms with Gasteiger partial charge in [0.2, 0.25) is 0 Å². The molecule has 1 aliphatic rings. The molecule has 1 atom stereocenters. The van der Waals surface area contributed by atoms with E-state index in [2.05, 4.69) is 36.0 Å². The quantitative estimate of drug-likeness (QED) is 0.901. The van der Waals surface area contributed by atoms with Gasteiger partial charge in [0.15, 0.2) is 0 Å². The molecule has 0 spiro atoms.